The van der Waals surface area contributed by atoms with Gasteiger partial charge in [0.25, 0.3) is 5.91 Å². The van der Waals surface area contributed by atoms with Crippen LogP contribution in [0.3, 0.4) is 0 Å². The molecule has 9 heteroatoms. The zero-order chi connectivity index (χ0) is 21.5. The van der Waals surface area contributed by atoms with Crippen molar-refractivity contribution in [1.29, 1.82) is 0 Å². The minimum Gasteiger partial charge on any atom is -0.508 e. The Morgan fingerprint density at radius 3 is 2.45 bits per heavy atom. The van der Waals surface area contributed by atoms with E-state index in [0.29, 0.717) is 0 Å². The van der Waals surface area contributed by atoms with Crippen LogP contribution in [-0.2, 0) is 20.0 Å². The molecule has 0 aliphatic heterocycles. The molecule has 0 spiro atoms. The van der Waals surface area contributed by atoms with Gasteiger partial charge in [-0.15, -0.1) is 0 Å². The maximum absolute atomic E-state index is 13.3. The number of amides is 1. The molecule has 4 atom stereocenters. The summed E-state index contributed by atoms with van der Waals surface area (Å²) in [6, 6.07) is 4.22. The molecule has 7 N–H and O–H groups in total. The van der Waals surface area contributed by atoms with Crippen molar-refractivity contribution in [3.63, 3.8) is 0 Å². The van der Waals surface area contributed by atoms with Crippen LogP contribution in [0.15, 0.2) is 35.1 Å². The monoisotopic (exact) mass is 401 g/mol. The molecule has 0 bridgehead atoms. The van der Waals surface area contributed by atoms with Gasteiger partial charge in [0.1, 0.15) is 22.8 Å². The average Bonchev–Trinajstić information content (AvgIpc) is 2.62. The lowest BCUT2D eigenvalue weighted by Gasteiger charge is -2.50. The van der Waals surface area contributed by atoms with Gasteiger partial charge in [-0.1, -0.05) is 12.1 Å². The number of carbonyl (C=O) groups is 3. The summed E-state index contributed by atoms with van der Waals surface area (Å²) in [6.45, 7) is 1.40. The second kappa shape index (κ2) is 5.68. The number of phenolic OH excluding ortho intramolecular Hbond substituents is 1. The third-order valence-corrected chi connectivity index (χ3v) is 6.36. The van der Waals surface area contributed by atoms with Crippen molar-refractivity contribution >= 4 is 23.2 Å². The number of hydrogen-bond acceptors (Lipinski definition) is 8. The lowest BCUT2D eigenvalue weighted by atomic mass is 9.56. The van der Waals surface area contributed by atoms with Gasteiger partial charge in [0, 0.05) is 23.8 Å². The van der Waals surface area contributed by atoms with E-state index in [0.717, 1.165) is 0 Å². The lowest BCUT2D eigenvalue weighted by Crippen LogP contribution is -2.60. The summed E-state index contributed by atoms with van der Waals surface area (Å²) in [5.41, 5.74) is -0.491. The molecule has 9 nitrogen and oxygen atoms in total. The van der Waals surface area contributed by atoms with Crippen LogP contribution in [0.25, 0.3) is 5.76 Å². The van der Waals surface area contributed by atoms with E-state index in [2.05, 4.69) is 0 Å². The van der Waals surface area contributed by atoms with E-state index >= 15 is 0 Å². The van der Waals surface area contributed by atoms with Crippen molar-refractivity contribution in [2.45, 2.75) is 31.0 Å². The maximum atomic E-state index is 13.3. The first kappa shape index (κ1) is 19.2. The van der Waals surface area contributed by atoms with Crippen LogP contribution in [0, 0.1) is 11.8 Å². The largest absolute Gasteiger partial charge is 0.508 e. The molecule has 1 amide bonds. The van der Waals surface area contributed by atoms with Crippen molar-refractivity contribution in [3.05, 3.63) is 46.2 Å². The van der Waals surface area contributed by atoms with Crippen molar-refractivity contribution in [3.8, 4) is 5.75 Å². The Kier molecular flexibility index (Phi) is 3.75. The molecule has 152 valence electrons. The first-order valence-corrected chi connectivity index (χ1v) is 8.96. The highest BCUT2D eigenvalue weighted by molar-refractivity contribution is 6.22. The van der Waals surface area contributed by atoms with Gasteiger partial charge in [-0.25, -0.2) is 0 Å². The SMILES string of the molecule is CC1(O)c2cccc(O)c2C(O)=C2C(=O)C3(O)C(O)=C(C(N)=O)C(=O)CC3CC21. The van der Waals surface area contributed by atoms with Crippen LogP contribution in [-0.4, -0.2) is 48.6 Å². The highest BCUT2D eigenvalue weighted by Gasteiger charge is 2.63. The van der Waals surface area contributed by atoms with Gasteiger partial charge in [-0.2, -0.15) is 0 Å². The number of aliphatic hydroxyl groups excluding tert-OH is 2. The minimum atomic E-state index is -2.66. The fraction of sp³-hybridized carbons (Fsp3) is 0.350. The molecule has 3 aliphatic carbocycles. The molecule has 29 heavy (non-hydrogen) atoms. The van der Waals surface area contributed by atoms with E-state index in [1.807, 2.05) is 0 Å². The fourth-order valence-electron chi connectivity index (χ4n) is 4.87. The van der Waals surface area contributed by atoms with Crippen LogP contribution in [0.2, 0.25) is 0 Å². The Bertz CT molecular complexity index is 1070. The summed E-state index contributed by atoms with van der Waals surface area (Å²) < 4.78 is 0. The van der Waals surface area contributed by atoms with Crippen LogP contribution in [0.4, 0.5) is 0 Å². The Balaban J connectivity index is 2.01. The van der Waals surface area contributed by atoms with Crippen molar-refractivity contribution in [2.24, 2.45) is 17.6 Å². The molecule has 1 saturated carbocycles. The lowest BCUT2D eigenvalue weighted by molar-refractivity contribution is -0.152. The normalized spacial score (nSPS) is 33.9. The van der Waals surface area contributed by atoms with E-state index in [1.54, 1.807) is 0 Å². The summed E-state index contributed by atoms with van der Waals surface area (Å²) in [4.78, 5) is 37.2. The van der Waals surface area contributed by atoms with Crippen LogP contribution in [0.5, 0.6) is 5.75 Å². The molecular formula is C20H19NO8. The summed E-state index contributed by atoms with van der Waals surface area (Å²) in [5.74, 6) is -7.61. The molecule has 1 fully saturated rings. The number of ketones is 2. The Labute approximate surface area is 164 Å². The minimum absolute atomic E-state index is 0.147. The average molecular weight is 401 g/mol. The van der Waals surface area contributed by atoms with E-state index in [4.69, 9.17) is 5.73 Å². The van der Waals surface area contributed by atoms with Crippen LogP contribution in [0.1, 0.15) is 30.9 Å². The maximum Gasteiger partial charge on any atom is 0.255 e. The third kappa shape index (κ3) is 2.19. The van der Waals surface area contributed by atoms with Gasteiger partial charge in [0.2, 0.25) is 5.78 Å². The number of benzene rings is 1. The van der Waals surface area contributed by atoms with E-state index in [-0.39, 0.29) is 23.3 Å². The third-order valence-electron chi connectivity index (χ3n) is 6.36. The summed E-state index contributed by atoms with van der Waals surface area (Å²) in [7, 11) is 0. The molecule has 1 aromatic carbocycles. The number of phenols is 1. The molecule has 4 unspecified atom stereocenters. The van der Waals surface area contributed by atoms with E-state index in [1.165, 1.54) is 25.1 Å². The first-order valence-electron chi connectivity index (χ1n) is 8.96. The predicted octanol–water partition coefficient (Wildman–Crippen LogP) is 0.0889. The van der Waals surface area contributed by atoms with Gasteiger partial charge in [-0.05, 0) is 25.0 Å². The number of nitrogens with two attached hydrogens (primary N) is 1. The Hall–Kier alpha value is -3.17. The van der Waals surface area contributed by atoms with E-state index < -0.39 is 69.6 Å². The fourth-order valence-corrected chi connectivity index (χ4v) is 4.87. The van der Waals surface area contributed by atoms with Gasteiger partial charge in [0.05, 0.1) is 11.2 Å². The quantitative estimate of drug-likeness (QED) is 0.358. The molecule has 0 aromatic heterocycles. The number of hydrogen-bond donors (Lipinski definition) is 6. The standard InChI is InChI=1S/C20H19NO8/c1-19(28)8-3-2-4-10(22)12(8)15(24)13-9(19)5-7-6-11(23)14(18(21)27)17(26)20(7,29)16(13)25/h2-4,7,9,22,24,26,28-29H,5-6H2,1H3,(H2,21,27). The van der Waals surface area contributed by atoms with Gasteiger partial charge >= 0.3 is 0 Å². The number of aromatic hydroxyl groups is 1. The van der Waals surface area contributed by atoms with Crippen LogP contribution < -0.4 is 5.73 Å². The number of fused-ring (bicyclic) bond motifs is 3. The highest BCUT2D eigenvalue weighted by Crippen LogP contribution is 2.56. The van der Waals surface area contributed by atoms with Gasteiger partial charge in [-0.3, -0.25) is 14.4 Å². The van der Waals surface area contributed by atoms with Gasteiger partial charge < -0.3 is 31.3 Å². The number of Topliss-reactive ketones (excluding diaryl/α,β-unsaturated/α-hetero) is 2. The smallest absolute Gasteiger partial charge is 0.255 e. The number of aliphatic hydroxyl groups is 4. The Morgan fingerprint density at radius 2 is 1.83 bits per heavy atom. The molecule has 4 rings (SSSR count). The predicted molar refractivity (Wildman–Crippen MR) is 97.3 cm³/mol. The molecule has 1 aromatic rings. The van der Waals surface area contributed by atoms with Crippen molar-refractivity contribution in [2.75, 3.05) is 0 Å². The topological polar surface area (TPSA) is 178 Å². The van der Waals surface area contributed by atoms with Crippen molar-refractivity contribution < 1.29 is 39.9 Å². The second-order valence-corrected chi connectivity index (χ2v) is 7.91. The summed E-state index contributed by atoms with van der Waals surface area (Å²) >= 11 is 0. The highest BCUT2D eigenvalue weighted by atomic mass is 16.3. The zero-order valence-electron chi connectivity index (χ0n) is 15.3. The van der Waals surface area contributed by atoms with Crippen LogP contribution >= 0.6 is 0 Å². The summed E-state index contributed by atoms with van der Waals surface area (Å²) in [6.07, 6.45) is -0.594. The first-order chi connectivity index (χ1) is 13.4. The molecule has 0 heterocycles. The van der Waals surface area contributed by atoms with E-state index in [9.17, 15) is 39.9 Å². The zero-order valence-corrected chi connectivity index (χ0v) is 15.3. The molecule has 0 radical (unpaired) electrons. The molecular weight excluding hydrogens is 382 g/mol. The second-order valence-electron chi connectivity index (χ2n) is 7.91. The number of rotatable bonds is 1. The number of carbonyl (C=O) groups excluding carboxylic acids is 3. The molecule has 3 aliphatic rings. The molecule has 0 saturated heterocycles. The number of primary amides is 1. The van der Waals surface area contributed by atoms with Crippen molar-refractivity contribution in [1.82, 2.24) is 0 Å². The van der Waals surface area contributed by atoms with Gasteiger partial charge in [0.15, 0.2) is 11.4 Å². The summed E-state index contributed by atoms with van der Waals surface area (Å²) in [5, 5.41) is 53.7. The Morgan fingerprint density at radius 1 is 1.17 bits per heavy atom.